The van der Waals surface area contributed by atoms with Gasteiger partial charge in [-0.15, -0.1) is 11.3 Å². The quantitative estimate of drug-likeness (QED) is 0.842. The summed E-state index contributed by atoms with van der Waals surface area (Å²) < 4.78 is 5.44. The van der Waals surface area contributed by atoms with E-state index in [-0.39, 0.29) is 0 Å². The summed E-state index contributed by atoms with van der Waals surface area (Å²) >= 11 is 7.44. The van der Waals surface area contributed by atoms with Gasteiger partial charge in [0, 0.05) is 23.7 Å². The Morgan fingerprint density at radius 2 is 2.12 bits per heavy atom. The van der Waals surface area contributed by atoms with Crippen molar-refractivity contribution in [3.05, 3.63) is 33.6 Å². The van der Waals surface area contributed by atoms with E-state index >= 15 is 0 Å². The van der Waals surface area contributed by atoms with Crippen LogP contribution in [0.25, 0.3) is 0 Å². The molecule has 84 valence electrons. The van der Waals surface area contributed by atoms with E-state index in [2.05, 4.69) is 15.0 Å². The van der Waals surface area contributed by atoms with Crippen LogP contribution in [-0.4, -0.2) is 21.6 Å². The lowest BCUT2D eigenvalue weighted by molar-refractivity contribution is 0.309. The van der Waals surface area contributed by atoms with Crippen molar-refractivity contribution >= 4 is 22.9 Å². The lowest BCUT2D eigenvalue weighted by atomic mass is 10.3. The van der Waals surface area contributed by atoms with E-state index < -0.39 is 0 Å². The van der Waals surface area contributed by atoms with E-state index in [0.717, 1.165) is 12.1 Å². The summed E-state index contributed by atoms with van der Waals surface area (Å²) in [6.07, 6.45) is 3.89. The van der Waals surface area contributed by atoms with Gasteiger partial charge in [-0.2, -0.15) is 0 Å². The minimum absolute atomic E-state index is 0.295. The van der Waals surface area contributed by atoms with Crippen molar-refractivity contribution in [3.8, 4) is 5.88 Å². The second-order valence-corrected chi connectivity index (χ2v) is 4.41. The SMILES string of the molecule is Cc1ncsc1CCOc1nccnc1Cl. The first-order valence-electron chi connectivity index (χ1n) is 4.75. The van der Waals surface area contributed by atoms with Crippen LogP contribution in [0.3, 0.4) is 0 Å². The number of aryl methyl sites for hydroxylation is 1. The number of aromatic nitrogens is 3. The van der Waals surface area contributed by atoms with Crippen molar-refractivity contribution in [2.45, 2.75) is 13.3 Å². The molecule has 0 aliphatic rings. The molecule has 0 saturated heterocycles. The molecule has 0 N–H and O–H groups in total. The third-order valence-electron chi connectivity index (χ3n) is 2.04. The van der Waals surface area contributed by atoms with Gasteiger partial charge >= 0.3 is 0 Å². The van der Waals surface area contributed by atoms with E-state index in [1.807, 2.05) is 12.4 Å². The Morgan fingerprint density at radius 1 is 1.31 bits per heavy atom. The number of thiazole rings is 1. The molecule has 16 heavy (non-hydrogen) atoms. The molecule has 0 aromatic carbocycles. The molecule has 0 fully saturated rings. The van der Waals surface area contributed by atoms with Crippen molar-refractivity contribution in [1.82, 2.24) is 15.0 Å². The van der Waals surface area contributed by atoms with Gasteiger partial charge in [-0.3, -0.25) is 0 Å². The molecule has 0 amide bonds. The highest BCUT2D eigenvalue weighted by Crippen LogP contribution is 2.18. The zero-order chi connectivity index (χ0) is 11.4. The van der Waals surface area contributed by atoms with E-state index in [9.17, 15) is 0 Å². The lowest BCUT2D eigenvalue weighted by Gasteiger charge is -2.04. The standard InChI is InChI=1S/C10H10ClN3OS/c1-7-8(16-6-14-7)2-5-15-10-9(11)12-3-4-13-10/h3-4,6H,2,5H2,1H3. The van der Waals surface area contributed by atoms with E-state index in [0.29, 0.717) is 17.6 Å². The van der Waals surface area contributed by atoms with Crippen LogP contribution in [0.2, 0.25) is 5.15 Å². The Hall–Kier alpha value is -1.20. The van der Waals surface area contributed by atoms with Crippen LogP contribution in [0.1, 0.15) is 10.6 Å². The summed E-state index contributed by atoms with van der Waals surface area (Å²) in [4.78, 5) is 13.3. The van der Waals surface area contributed by atoms with Crippen LogP contribution in [0.15, 0.2) is 17.9 Å². The van der Waals surface area contributed by atoms with E-state index in [1.54, 1.807) is 17.5 Å². The highest BCUT2D eigenvalue weighted by Gasteiger charge is 2.05. The molecule has 0 radical (unpaired) electrons. The number of nitrogens with zero attached hydrogens (tertiary/aromatic N) is 3. The summed E-state index contributed by atoms with van der Waals surface area (Å²) in [5, 5.41) is 0.295. The Balaban J connectivity index is 1.89. The van der Waals surface area contributed by atoms with Crippen molar-refractivity contribution in [2.75, 3.05) is 6.61 Å². The topological polar surface area (TPSA) is 47.9 Å². The number of halogens is 1. The Kier molecular flexibility index (Phi) is 3.69. The van der Waals surface area contributed by atoms with Gasteiger partial charge < -0.3 is 4.74 Å². The van der Waals surface area contributed by atoms with Crippen LogP contribution < -0.4 is 4.74 Å². The van der Waals surface area contributed by atoms with Gasteiger partial charge in [0.05, 0.1) is 17.8 Å². The number of rotatable bonds is 4. The molecular formula is C10H10ClN3OS. The maximum absolute atomic E-state index is 5.81. The second-order valence-electron chi connectivity index (χ2n) is 3.11. The fraction of sp³-hybridized carbons (Fsp3) is 0.300. The second kappa shape index (κ2) is 5.23. The lowest BCUT2D eigenvalue weighted by Crippen LogP contribution is -2.03. The zero-order valence-electron chi connectivity index (χ0n) is 8.68. The fourth-order valence-corrected chi connectivity index (χ4v) is 2.13. The van der Waals surface area contributed by atoms with Gasteiger partial charge in [0.2, 0.25) is 0 Å². The predicted octanol–water partition coefficient (Wildman–Crippen LogP) is 2.52. The Labute approximate surface area is 102 Å². The third kappa shape index (κ3) is 2.68. The zero-order valence-corrected chi connectivity index (χ0v) is 10.3. The molecule has 2 rings (SSSR count). The first-order valence-corrected chi connectivity index (χ1v) is 6.01. The molecule has 0 aliphatic heterocycles. The maximum Gasteiger partial charge on any atom is 0.252 e. The summed E-state index contributed by atoms with van der Waals surface area (Å²) in [6, 6.07) is 0. The molecule has 0 aliphatic carbocycles. The van der Waals surface area contributed by atoms with Crippen molar-refractivity contribution in [1.29, 1.82) is 0 Å². The fourth-order valence-electron chi connectivity index (χ4n) is 1.21. The number of hydrogen-bond donors (Lipinski definition) is 0. The van der Waals surface area contributed by atoms with Crippen molar-refractivity contribution in [2.24, 2.45) is 0 Å². The van der Waals surface area contributed by atoms with E-state index in [1.165, 1.54) is 11.1 Å². The Morgan fingerprint density at radius 3 is 2.81 bits per heavy atom. The van der Waals surface area contributed by atoms with Gasteiger partial charge in [-0.1, -0.05) is 11.6 Å². The van der Waals surface area contributed by atoms with Crippen LogP contribution in [0.4, 0.5) is 0 Å². The van der Waals surface area contributed by atoms with Gasteiger partial charge in [0.15, 0.2) is 5.15 Å². The van der Waals surface area contributed by atoms with E-state index in [4.69, 9.17) is 16.3 Å². The molecule has 4 nitrogen and oxygen atoms in total. The normalized spacial score (nSPS) is 10.4. The number of ether oxygens (including phenoxy) is 1. The maximum atomic E-state index is 5.81. The highest BCUT2D eigenvalue weighted by molar-refractivity contribution is 7.09. The van der Waals surface area contributed by atoms with Crippen molar-refractivity contribution < 1.29 is 4.74 Å². The van der Waals surface area contributed by atoms with Gasteiger partial charge in [-0.25, -0.2) is 15.0 Å². The van der Waals surface area contributed by atoms with Crippen LogP contribution in [-0.2, 0) is 6.42 Å². The Bertz CT molecular complexity index is 475. The first-order chi connectivity index (χ1) is 7.77. The van der Waals surface area contributed by atoms with Gasteiger partial charge in [0.1, 0.15) is 0 Å². The molecule has 2 aromatic heterocycles. The van der Waals surface area contributed by atoms with Crippen LogP contribution in [0, 0.1) is 6.92 Å². The molecule has 0 atom stereocenters. The molecule has 2 heterocycles. The van der Waals surface area contributed by atoms with Crippen LogP contribution >= 0.6 is 22.9 Å². The molecule has 0 spiro atoms. The van der Waals surface area contributed by atoms with Crippen LogP contribution in [0.5, 0.6) is 5.88 Å². The average molecular weight is 256 g/mol. The molecule has 0 saturated carbocycles. The third-order valence-corrected chi connectivity index (χ3v) is 3.29. The first kappa shape index (κ1) is 11.3. The largest absolute Gasteiger partial charge is 0.475 e. The highest BCUT2D eigenvalue weighted by atomic mass is 35.5. The summed E-state index contributed by atoms with van der Waals surface area (Å²) in [6.45, 7) is 2.52. The molecule has 0 bridgehead atoms. The molecular weight excluding hydrogens is 246 g/mol. The predicted molar refractivity (Wildman–Crippen MR) is 63.1 cm³/mol. The molecule has 6 heteroatoms. The minimum Gasteiger partial charge on any atom is -0.475 e. The smallest absolute Gasteiger partial charge is 0.252 e. The average Bonchev–Trinajstić information content (AvgIpc) is 2.67. The van der Waals surface area contributed by atoms with Gasteiger partial charge in [-0.05, 0) is 6.92 Å². The number of hydrogen-bond acceptors (Lipinski definition) is 5. The summed E-state index contributed by atoms with van der Waals surface area (Å²) in [5.74, 6) is 0.381. The summed E-state index contributed by atoms with van der Waals surface area (Å²) in [7, 11) is 0. The minimum atomic E-state index is 0.295. The van der Waals surface area contributed by atoms with Gasteiger partial charge in [0.25, 0.3) is 5.88 Å². The molecule has 2 aromatic rings. The monoisotopic (exact) mass is 255 g/mol. The van der Waals surface area contributed by atoms with Crippen molar-refractivity contribution in [3.63, 3.8) is 0 Å². The molecule has 0 unspecified atom stereocenters. The summed E-state index contributed by atoms with van der Waals surface area (Å²) in [5.41, 5.74) is 2.89.